The number of carbonyl (C=O) groups is 2. The quantitative estimate of drug-likeness (QED) is 0.368. The average molecular weight is 264 g/mol. The predicted octanol–water partition coefficient (Wildman–Crippen LogP) is 1.25. The summed E-state index contributed by atoms with van der Waals surface area (Å²) >= 11 is 0. The Bertz CT molecular complexity index is 183. The van der Waals surface area contributed by atoms with E-state index in [-0.39, 0.29) is 0 Å². The van der Waals surface area contributed by atoms with E-state index < -0.39 is 11.9 Å². The van der Waals surface area contributed by atoms with Crippen LogP contribution in [-0.4, -0.2) is 45.6 Å². The molecule has 0 spiro atoms. The molecular formula is C12H24O6. The van der Waals surface area contributed by atoms with Gasteiger partial charge in [0.05, 0.1) is 0 Å². The molecule has 4 N–H and O–H groups in total. The standard InChI is InChI=1S/C10H22O2.C2H2O4/c11-9-7-5-3-1-2-4-6-8-10-12;3-1(4)2(5)6/h11-12H,1-10H2;(H,3,4)(H,5,6). The van der Waals surface area contributed by atoms with Crippen LogP contribution in [0.1, 0.15) is 51.4 Å². The van der Waals surface area contributed by atoms with Crippen LogP contribution in [0, 0.1) is 0 Å². The van der Waals surface area contributed by atoms with E-state index in [1.165, 1.54) is 25.7 Å². The minimum Gasteiger partial charge on any atom is -0.473 e. The van der Waals surface area contributed by atoms with Crippen LogP contribution in [0.4, 0.5) is 0 Å². The molecule has 0 aromatic heterocycles. The first-order valence-corrected chi connectivity index (χ1v) is 6.24. The molecule has 0 aliphatic rings. The molecule has 0 bridgehead atoms. The Morgan fingerprint density at radius 2 is 0.778 bits per heavy atom. The highest BCUT2D eigenvalue weighted by molar-refractivity contribution is 6.27. The first-order valence-electron chi connectivity index (χ1n) is 6.24. The highest BCUT2D eigenvalue weighted by Crippen LogP contribution is 2.07. The van der Waals surface area contributed by atoms with Crippen LogP contribution >= 0.6 is 0 Å². The van der Waals surface area contributed by atoms with Crippen molar-refractivity contribution in [2.24, 2.45) is 0 Å². The molecule has 18 heavy (non-hydrogen) atoms. The average Bonchev–Trinajstić information content (AvgIpc) is 2.33. The molecule has 0 saturated heterocycles. The van der Waals surface area contributed by atoms with Crippen molar-refractivity contribution >= 4 is 11.9 Å². The maximum absolute atomic E-state index is 9.10. The maximum atomic E-state index is 9.10. The molecule has 0 radical (unpaired) electrons. The summed E-state index contributed by atoms with van der Waals surface area (Å²) < 4.78 is 0. The van der Waals surface area contributed by atoms with Crippen LogP contribution < -0.4 is 0 Å². The van der Waals surface area contributed by atoms with Gasteiger partial charge in [-0.25, -0.2) is 9.59 Å². The molecule has 0 rings (SSSR count). The maximum Gasteiger partial charge on any atom is 0.414 e. The van der Waals surface area contributed by atoms with E-state index in [0.29, 0.717) is 13.2 Å². The highest BCUT2D eigenvalue weighted by atomic mass is 16.4. The van der Waals surface area contributed by atoms with Crippen molar-refractivity contribution in [2.75, 3.05) is 13.2 Å². The number of carboxylic acid groups (broad SMARTS) is 2. The molecule has 0 aliphatic carbocycles. The number of aliphatic hydroxyl groups is 2. The summed E-state index contributed by atoms with van der Waals surface area (Å²) in [6.07, 6.45) is 9.30. The Balaban J connectivity index is 0. The predicted molar refractivity (Wildman–Crippen MR) is 66.4 cm³/mol. The number of unbranched alkanes of at least 4 members (excludes halogenated alkanes) is 7. The van der Waals surface area contributed by atoms with Gasteiger partial charge in [0.25, 0.3) is 0 Å². The fourth-order valence-corrected chi connectivity index (χ4v) is 1.28. The first-order chi connectivity index (χ1) is 8.56. The second kappa shape index (κ2) is 15.9. The number of carboxylic acids is 2. The van der Waals surface area contributed by atoms with Crippen LogP contribution in [0.25, 0.3) is 0 Å². The van der Waals surface area contributed by atoms with E-state index in [0.717, 1.165) is 25.7 Å². The van der Waals surface area contributed by atoms with Gasteiger partial charge in [-0.15, -0.1) is 0 Å². The second-order valence-electron chi connectivity index (χ2n) is 3.89. The van der Waals surface area contributed by atoms with Crippen molar-refractivity contribution in [1.29, 1.82) is 0 Å². The van der Waals surface area contributed by atoms with Crippen LogP contribution in [0.5, 0.6) is 0 Å². The monoisotopic (exact) mass is 264 g/mol. The molecule has 108 valence electrons. The van der Waals surface area contributed by atoms with E-state index in [2.05, 4.69) is 0 Å². The normalized spacial score (nSPS) is 9.44. The zero-order chi connectivity index (χ0) is 14.2. The van der Waals surface area contributed by atoms with Crippen LogP contribution in [0.2, 0.25) is 0 Å². The lowest BCUT2D eigenvalue weighted by molar-refractivity contribution is -0.159. The van der Waals surface area contributed by atoms with Gasteiger partial charge in [-0.05, 0) is 12.8 Å². The summed E-state index contributed by atoms with van der Waals surface area (Å²) in [5.41, 5.74) is 0. The molecule has 6 heteroatoms. The SMILES string of the molecule is O=C(O)C(=O)O.OCCCCCCCCCCO. The van der Waals surface area contributed by atoms with Crippen molar-refractivity contribution < 1.29 is 30.0 Å². The zero-order valence-corrected chi connectivity index (χ0v) is 10.7. The van der Waals surface area contributed by atoms with Crippen molar-refractivity contribution in [3.63, 3.8) is 0 Å². The summed E-state index contributed by atoms with van der Waals surface area (Å²) in [5, 5.41) is 31.8. The Labute approximate surface area is 107 Å². The molecule has 0 aliphatic heterocycles. The lowest BCUT2D eigenvalue weighted by Crippen LogP contribution is -2.09. The van der Waals surface area contributed by atoms with E-state index >= 15 is 0 Å². The third-order valence-electron chi connectivity index (χ3n) is 2.25. The fourth-order valence-electron chi connectivity index (χ4n) is 1.28. The van der Waals surface area contributed by atoms with Gasteiger partial charge < -0.3 is 20.4 Å². The molecular weight excluding hydrogens is 240 g/mol. The molecule has 0 unspecified atom stereocenters. The summed E-state index contributed by atoms with van der Waals surface area (Å²) in [7, 11) is 0. The van der Waals surface area contributed by atoms with E-state index in [1.54, 1.807) is 0 Å². The minimum atomic E-state index is -1.82. The van der Waals surface area contributed by atoms with Gasteiger partial charge in [0.2, 0.25) is 0 Å². The number of hydrogen-bond donors (Lipinski definition) is 4. The second-order valence-corrected chi connectivity index (χ2v) is 3.89. The van der Waals surface area contributed by atoms with Gasteiger partial charge in [0.1, 0.15) is 0 Å². The third kappa shape index (κ3) is 20.3. The Kier molecular flexibility index (Phi) is 16.9. The van der Waals surface area contributed by atoms with Crippen molar-refractivity contribution in [3.8, 4) is 0 Å². The molecule has 0 heterocycles. The largest absolute Gasteiger partial charge is 0.473 e. The molecule has 0 saturated carbocycles. The van der Waals surface area contributed by atoms with Gasteiger partial charge in [-0.1, -0.05) is 38.5 Å². The molecule has 0 aromatic carbocycles. The highest BCUT2D eigenvalue weighted by Gasteiger charge is 2.04. The molecule has 6 nitrogen and oxygen atoms in total. The summed E-state index contributed by atoms with van der Waals surface area (Å²) in [6, 6.07) is 0. The van der Waals surface area contributed by atoms with Crippen LogP contribution in [0.15, 0.2) is 0 Å². The van der Waals surface area contributed by atoms with Crippen LogP contribution in [-0.2, 0) is 9.59 Å². The van der Waals surface area contributed by atoms with Crippen molar-refractivity contribution in [1.82, 2.24) is 0 Å². The number of hydrogen-bond acceptors (Lipinski definition) is 4. The van der Waals surface area contributed by atoms with Gasteiger partial charge in [0.15, 0.2) is 0 Å². The van der Waals surface area contributed by atoms with Gasteiger partial charge in [-0.2, -0.15) is 0 Å². The first kappa shape index (κ1) is 19.2. The Morgan fingerprint density at radius 3 is 0.944 bits per heavy atom. The number of aliphatic carboxylic acids is 2. The van der Waals surface area contributed by atoms with Gasteiger partial charge in [-0.3, -0.25) is 0 Å². The van der Waals surface area contributed by atoms with E-state index in [9.17, 15) is 0 Å². The Morgan fingerprint density at radius 1 is 0.556 bits per heavy atom. The third-order valence-corrected chi connectivity index (χ3v) is 2.25. The minimum absolute atomic E-state index is 0.338. The summed E-state index contributed by atoms with van der Waals surface area (Å²) in [6.45, 7) is 0.676. The van der Waals surface area contributed by atoms with E-state index in [1.807, 2.05) is 0 Å². The van der Waals surface area contributed by atoms with Crippen molar-refractivity contribution in [3.05, 3.63) is 0 Å². The van der Waals surface area contributed by atoms with Gasteiger partial charge >= 0.3 is 11.9 Å². The van der Waals surface area contributed by atoms with Crippen molar-refractivity contribution in [2.45, 2.75) is 51.4 Å². The number of aliphatic hydroxyl groups excluding tert-OH is 2. The smallest absolute Gasteiger partial charge is 0.414 e. The number of rotatable bonds is 9. The Hall–Kier alpha value is -1.14. The van der Waals surface area contributed by atoms with Crippen LogP contribution in [0.3, 0.4) is 0 Å². The zero-order valence-electron chi connectivity index (χ0n) is 10.7. The van der Waals surface area contributed by atoms with Gasteiger partial charge in [0, 0.05) is 13.2 Å². The molecule has 0 amide bonds. The summed E-state index contributed by atoms with van der Waals surface area (Å²) in [4.78, 5) is 18.2. The molecule has 0 atom stereocenters. The lowest BCUT2D eigenvalue weighted by Gasteiger charge is -1.99. The topological polar surface area (TPSA) is 115 Å². The van der Waals surface area contributed by atoms with E-state index in [4.69, 9.17) is 30.0 Å². The fraction of sp³-hybridized carbons (Fsp3) is 0.833. The molecule has 0 aromatic rings. The molecule has 0 fully saturated rings. The lowest BCUT2D eigenvalue weighted by atomic mass is 10.1. The summed E-state index contributed by atoms with van der Waals surface area (Å²) in [5.74, 6) is -3.65.